The van der Waals surface area contributed by atoms with Gasteiger partial charge in [0.2, 0.25) is 0 Å². The standard InChI is InChI=1S/C15H29ClO2S/c1-5-9-19(17,18)10-8-15(3,4)13-7-6-12(2)11-14(13)16/h12-14H,5-11H2,1-4H3. The van der Waals surface area contributed by atoms with Crippen LogP contribution in [0, 0.1) is 17.3 Å². The van der Waals surface area contributed by atoms with Gasteiger partial charge < -0.3 is 0 Å². The Hall–Kier alpha value is 0.240. The lowest BCUT2D eigenvalue weighted by Gasteiger charge is -2.42. The monoisotopic (exact) mass is 308 g/mol. The average Bonchev–Trinajstić information content (AvgIpc) is 2.26. The normalized spacial score (nSPS) is 29.4. The van der Waals surface area contributed by atoms with Crippen molar-refractivity contribution in [1.29, 1.82) is 0 Å². The Morgan fingerprint density at radius 3 is 2.37 bits per heavy atom. The second-order valence-corrected chi connectivity index (χ2v) is 9.80. The van der Waals surface area contributed by atoms with E-state index in [-0.39, 0.29) is 10.8 Å². The zero-order chi connectivity index (χ0) is 14.7. The summed E-state index contributed by atoms with van der Waals surface area (Å²) in [6.07, 6.45) is 4.87. The summed E-state index contributed by atoms with van der Waals surface area (Å²) in [6, 6.07) is 0. The number of halogens is 1. The Morgan fingerprint density at radius 1 is 1.21 bits per heavy atom. The SMILES string of the molecule is CCCS(=O)(=O)CCC(C)(C)C1CCC(C)CC1Cl. The first-order chi connectivity index (χ1) is 8.68. The number of hydrogen-bond donors (Lipinski definition) is 0. The van der Waals surface area contributed by atoms with E-state index in [1.165, 1.54) is 6.42 Å². The highest BCUT2D eigenvalue weighted by Crippen LogP contribution is 2.44. The first-order valence-corrected chi connectivity index (χ1v) is 9.78. The van der Waals surface area contributed by atoms with Crippen molar-refractivity contribution in [2.24, 2.45) is 17.3 Å². The highest BCUT2D eigenvalue weighted by molar-refractivity contribution is 7.91. The van der Waals surface area contributed by atoms with Gasteiger partial charge in [0.05, 0.1) is 5.75 Å². The van der Waals surface area contributed by atoms with Crippen molar-refractivity contribution in [2.75, 3.05) is 11.5 Å². The molecule has 0 saturated heterocycles. The van der Waals surface area contributed by atoms with E-state index in [4.69, 9.17) is 11.6 Å². The largest absolute Gasteiger partial charge is 0.229 e. The van der Waals surface area contributed by atoms with Crippen LogP contribution in [-0.2, 0) is 9.84 Å². The molecule has 1 aliphatic rings. The maximum atomic E-state index is 11.9. The van der Waals surface area contributed by atoms with Crippen molar-refractivity contribution in [3.8, 4) is 0 Å². The maximum Gasteiger partial charge on any atom is 0.150 e. The van der Waals surface area contributed by atoms with Crippen molar-refractivity contribution >= 4 is 21.4 Å². The van der Waals surface area contributed by atoms with Crippen LogP contribution in [-0.4, -0.2) is 25.3 Å². The van der Waals surface area contributed by atoms with Crippen LogP contribution < -0.4 is 0 Å². The van der Waals surface area contributed by atoms with Gasteiger partial charge in [-0.1, -0.05) is 34.1 Å². The Kier molecular flexibility index (Phi) is 6.19. The predicted molar refractivity (Wildman–Crippen MR) is 83.5 cm³/mol. The summed E-state index contributed by atoms with van der Waals surface area (Å²) in [4.78, 5) is 0. The minimum absolute atomic E-state index is 0.0212. The van der Waals surface area contributed by atoms with Gasteiger partial charge in [-0.15, -0.1) is 11.6 Å². The molecule has 0 N–H and O–H groups in total. The summed E-state index contributed by atoms with van der Waals surface area (Å²) in [5.41, 5.74) is 0.0212. The minimum atomic E-state index is -2.87. The lowest BCUT2D eigenvalue weighted by molar-refractivity contribution is 0.138. The molecular weight excluding hydrogens is 280 g/mol. The van der Waals surface area contributed by atoms with E-state index in [1.807, 2.05) is 6.92 Å². The molecule has 1 rings (SSSR count). The molecule has 1 aliphatic carbocycles. The Bertz CT molecular complexity index is 376. The number of hydrogen-bond acceptors (Lipinski definition) is 2. The van der Waals surface area contributed by atoms with E-state index in [1.54, 1.807) is 0 Å². The minimum Gasteiger partial charge on any atom is -0.229 e. The fraction of sp³-hybridized carbons (Fsp3) is 1.00. The summed E-state index contributed by atoms with van der Waals surface area (Å²) in [6.45, 7) is 8.54. The van der Waals surface area contributed by atoms with Crippen LogP contribution in [0.5, 0.6) is 0 Å². The third-order valence-corrected chi connectivity index (χ3v) is 6.95. The van der Waals surface area contributed by atoms with Crippen LogP contribution in [0.4, 0.5) is 0 Å². The Morgan fingerprint density at radius 2 is 1.84 bits per heavy atom. The molecule has 1 saturated carbocycles. The summed E-state index contributed by atoms with van der Waals surface area (Å²) < 4.78 is 23.7. The first-order valence-electron chi connectivity index (χ1n) is 7.52. The fourth-order valence-electron chi connectivity index (χ4n) is 3.21. The molecule has 0 aliphatic heterocycles. The zero-order valence-electron chi connectivity index (χ0n) is 12.8. The molecule has 0 radical (unpaired) electrons. The topological polar surface area (TPSA) is 34.1 Å². The van der Waals surface area contributed by atoms with E-state index in [0.29, 0.717) is 29.8 Å². The number of rotatable bonds is 6. The third kappa shape index (κ3) is 5.26. The van der Waals surface area contributed by atoms with Crippen LogP contribution in [0.3, 0.4) is 0 Å². The van der Waals surface area contributed by atoms with Crippen LogP contribution >= 0.6 is 11.6 Å². The molecular formula is C15H29ClO2S. The van der Waals surface area contributed by atoms with Gasteiger partial charge in [0.15, 0.2) is 0 Å². The molecule has 114 valence electrons. The molecule has 0 aromatic carbocycles. The van der Waals surface area contributed by atoms with Gasteiger partial charge in [0.1, 0.15) is 9.84 Å². The molecule has 4 heteroatoms. The Balaban J connectivity index is 2.60. The van der Waals surface area contributed by atoms with Crippen molar-refractivity contribution < 1.29 is 8.42 Å². The molecule has 3 atom stereocenters. The molecule has 0 spiro atoms. The molecule has 0 aromatic rings. The average molecular weight is 309 g/mol. The van der Waals surface area contributed by atoms with Gasteiger partial charge in [0, 0.05) is 11.1 Å². The highest BCUT2D eigenvalue weighted by Gasteiger charge is 2.38. The van der Waals surface area contributed by atoms with E-state index >= 15 is 0 Å². The second kappa shape index (κ2) is 6.80. The maximum absolute atomic E-state index is 11.9. The predicted octanol–water partition coefficient (Wildman–Crippen LogP) is 4.27. The van der Waals surface area contributed by atoms with Crippen molar-refractivity contribution in [1.82, 2.24) is 0 Å². The fourth-order valence-corrected chi connectivity index (χ4v) is 5.64. The molecule has 3 unspecified atom stereocenters. The van der Waals surface area contributed by atoms with Crippen LogP contribution in [0.15, 0.2) is 0 Å². The number of sulfone groups is 1. The summed E-state index contributed by atoms with van der Waals surface area (Å²) in [5, 5.41) is 0.202. The molecule has 2 nitrogen and oxygen atoms in total. The molecule has 0 heterocycles. The van der Waals surface area contributed by atoms with Crippen molar-refractivity contribution in [3.63, 3.8) is 0 Å². The lowest BCUT2D eigenvalue weighted by atomic mass is 9.67. The van der Waals surface area contributed by atoms with E-state index < -0.39 is 9.84 Å². The van der Waals surface area contributed by atoms with Gasteiger partial charge in [-0.3, -0.25) is 0 Å². The number of alkyl halides is 1. The van der Waals surface area contributed by atoms with Crippen LogP contribution in [0.2, 0.25) is 0 Å². The van der Waals surface area contributed by atoms with Crippen molar-refractivity contribution in [2.45, 2.75) is 65.2 Å². The van der Waals surface area contributed by atoms with Gasteiger partial charge >= 0.3 is 0 Å². The van der Waals surface area contributed by atoms with Crippen LogP contribution in [0.25, 0.3) is 0 Å². The van der Waals surface area contributed by atoms with Crippen molar-refractivity contribution in [3.05, 3.63) is 0 Å². The molecule has 19 heavy (non-hydrogen) atoms. The summed E-state index contributed by atoms with van der Waals surface area (Å²) in [7, 11) is -2.87. The summed E-state index contributed by atoms with van der Waals surface area (Å²) in [5.74, 6) is 1.78. The van der Waals surface area contributed by atoms with Gasteiger partial charge in [-0.2, -0.15) is 0 Å². The van der Waals surface area contributed by atoms with E-state index in [2.05, 4.69) is 20.8 Å². The summed E-state index contributed by atoms with van der Waals surface area (Å²) >= 11 is 6.52. The third-order valence-electron chi connectivity index (χ3n) is 4.61. The Labute approximate surface area is 124 Å². The van der Waals surface area contributed by atoms with Gasteiger partial charge in [-0.05, 0) is 42.9 Å². The van der Waals surface area contributed by atoms with E-state index in [9.17, 15) is 8.42 Å². The molecule has 0 amide bonds. The lowest BCUT2D eigenvalue weighted by Crippen LogP contribution is -2.37. The molecule has 1 fully saturated rings. The van der Waals surface area contributed by atoms with E-state index in [0.717, 1.165) is 19.3 Å². The van der Waals surface area contributed by atoms with Gasteiger partial charge in [0.25, 0.3) is 0 Å². The quantitative estimate of drug-likeness (QED) is 0.687. The highest BCUT2D eigenvalue weighted by atomic mass is 35.5. The molecule has 0 aromatic heterocycles. The van der Waals surface area contributed by atoms with Crippen LogP contribution in [0.1, 0.15) is 59.8 Å². The zero-order valence-corrected chi connectivity index (χ0v) is 14.4. The second-order valence-electron chi connectivity index (χ2n) is 6.93. The van der Waals surface area contributed by atoms with Gasteiger partial charge in [-0.25, -0.2) is 8.42 Å². The smallest absolute Gasteiger partial charge is 0.150 e. The first kappa shape index (κ1) is 17.3. The molecule has 0 bridgehead atoms.